The van der Waals surface area contributed by atoms with E-state index in [0.29, 0.717) is 0 Å². The predicted octanol–water partition coefficient (Wildman–Crippen LogP) is 4.94. The lowest BCUT2D eigenvalue weighted by Gasteiger charge is -2.37. The Kier molecular flexibility index (Phi) is 5.21. The molecule has 3 aromatic carbocycles. The summed E-state index contributed by atoms with van der Waals surface area (Å²) < 4.78 is 0. The summed E-state index contributed by atoms with van der Waals surface area (Å²) in [6.45, 7) is 0. The molecular formula is C27H28N2O. The first-order chi connectivity index (χ1) is 14.4. The molecule has 0 N–H and O–H groups in total. The Morgan fingerprint density at radius 3 is 1.70 bits per heavy atom. The van der Waals surface area contributed by atoms with Crippen LogP contribution in [0.4, 0.5) is 11.4 Å². The minimum atomic E-state index is -0.389. The number of anilines is 2. The maximum Gasteiger partial charge on any atom is 0.150 e. The Hall–Kier alpha value is -3.33. The number of hydrogen-bond acceptors (Lipinski definition) is 3. The lowest BCUT2D eigenvalue weighted by molar-refractivity contribution is -0.103. The van der Waals surface area contributed by atoms with Crippen LogP contribution in [0.1, 0.15) is 22.3 Å². The van der Waals surface area contributed by atoms with Crippen molar-refractivity contribution >= 4 is 23.2 Å². The van der Waals surface area contributed by atoms with Crippen LogP contribution >= 0.6 is 0 Å². The Labute approximate surface area is 179 Å². The van der Waals surface area contributed by atoms with Gasteiger partial charge in [0.1, 0.15) is 6.29 Å². The van der Waals surface area contributed by atoms with Crippen molar-refractivity contribution in [3.05, 3.63) is 101 Å². The molecule has 3 aromatic rings. The van der Waals surface area contributed by atoms with E-state index in [-0.39, 0.29) is 5.41 Å². The maximum atomic E-state index is 12.1. The van der Waals surface area contributed by atoms with Gasteiger partial charge in [0.2, 0.25) is 0 Å². The SMILES string of the molecule is CN(C)c1ccc(C2(c3ccc(N(C)C)cc3)C=C(C=O)c3ccccc3C2)cc1. The lowest BCUT2D eigenvalue weighted by atomic mass is 9.65. The molecule has 3 heteroatoms. The molecule has 3 nitrogen and oxygen atoms in total. The fraction of sp³-hybridized carbons (Fsp3) is 0.222. The monoisotopic (exact) mass is 396 g/mol. The van der Waals surface area contributed by atoms with E-state index in [0.717, 1.165) is 35.2 Å². The molecule has 1 aliphatic carbocycles. The minimum Gasteiger partial charge on any atom is -0.378 e. The molecule has 0 amide bonds. The molecule has 0 bridgehead atoms. The smallest absolute Gasteiger partial charge is 0.150 e. The first-order valence-corrected chi connectivity index (χ1v) is 10.3. The largest absolute Gasteiger partial charge is 0.378 e. The third kappa shape index (κ3) is 3.41. The van der Waals surface area contributed by atoms with Crippen LogP contribution < -0.4 is 9.80 Å². The molecule has 152 valence electrons. The van der Waals surface area contributed by atoms with Crippen molar-refractivity contribution in [3.63, 3.8) is 0 Å². The highest BCUT2D eigenvalue weighted by Crippen LogP contribution is 2.44. The molecule has 0 spiro atoms. The topological polar surface area (TPSA) is 23.6 Å². The highest BCUT2D eigenvalue weighted by atomic mass is 16.1. The fourth-order valence-corrected chi connectivity index (χ4v) is 4.40. The minimum absolute atomic E-state index is 0.389. The third-order valence-electron chi connectivity index (χ3n) is 6.12. The lowest BCUT2D eigenvalue weighted by Crippen LogP contribution is -2.32. The van der Waals surface area contributed by atoms with Crippen molar-refractivity contribution in [2.45, 2.75) is 11.8 Å². The molecule has 0 radical (unpaired) electrons. The molecule has 0 saturated heterocycles. The van der Waals surface area contributed by atoms with Gasteiger partial charge in [-0.1, -0.05) is 54.6 Å². The summed E-state index contributed by atoms with van der Waals surface area (Å²) in [5.41, 5.74) is 7.32. The third-order valence-corrected chi connectivity index (χ3v) is 6.12. The average molecular weight is 397 g/mol. The number of benzene rings is 3. The van der Waals surface area contributed by atoms with E-state index in [1.807, 2.05) is 40.3 Å². The van der Waals surface area contributed by atoms with E-state index >= 15 is 0 Å². The van der Waals surface area contributed by atoms with E-state index in [4.69, 9.17) is 0 Å². The first kappa shape index (κ1) is 20.0. The molecule has 4 rings (SSSR count). The van der Waals surface area contributed by atoms with Crippen LogP contribution in [0.3, 0.4) is 0 Å². The molecule has 0 aliphatic heterocycles. The van der Waals surface area contributed by atoms with Crippen molar-refractivity contribution in [2.75, 3.05) is 38.0 Å². The molecule has 0 unspecified atom stereocenters. The maximum absolute atomic E-state index is 12.1. The molecule has 30 heavy (non-hydrogen) atoms. The van der Waals surface area contributed by atoms with E-state index in [2.05, 4.69) is 76.5 Å². The van der Waals surface area contributed by atoms with Gasteiger partial charge in [-0.05, 0) is 52.9 Å². The number of fused-ring (bicyclic) bond motifs is 1. The normalized spacial score (nSPS) is 14.5. The van der Waals surface area contributed by atoms with Gasteiger partial charge in [0, 0.05) is 50.6 Å². The van der Waals surface area contributed by atoms with Crippen LogP contribution in [-0.4, -0.2) is 34.5 Å². The number of carbonyl (C=O) groups is 1. The van der Waals surface area contributed by atoms with Gasteiger partial charge in [0.15, 0.2) is 0 Å². The zero-order chi connectivity index (χ0) is 21.3. The Bertz CT molecular complexity index is 1030. The van der Waals surface area contributed by atoms with Crippen LogP contribution in [0.25, 0.3) is 5.57 Å². The van der Waals surface area contributed by atoms with Crippen LogP contribution in [0.2, 0.25) is 0 Å². The molecule has 0 fully saturated rings. The zero-order valence-electron chi connectivity index (χ0n) is 18.1. The number of hydrogen-bond donors (Lipinski definition) is 0. The second-order valence-corrected chi connectivity index (χ2v) is 8.41. The number of nitrogens with zero attached hydrogens (tertiary/aromatic N) is 2. The number of rotatable bonds is 5. The van der Waals surface area contributed by atoms with Crippen molar-refractivity contribution < 1.29 is 4.79 Å². The molecule has 1 aliphatic rings. The van der Waals surface area contributed by atoms with Gasteiger partial charge < -0.3 is 9.80 Å². The molecule has 0 aromatic heterocycles. The van der Waals surface area contributed by atoms with E-state index in [1.165, 1.54) is 16.7 Å². The second-order valence-electron chi connectivity index (χ2n) is 8.41. The highest BCUT2D eigenvalue weighted by molar-refractivity contribution is 6.08. The van der Waals surface area contributed by atoms with Gasteiger partial charge in [-0.25, -0.2) is 0 Å². The van der Waals surface area contributed by atoms with Crippen molar-refractivity contribution in [3.8, 4) is 0 Å². The quantitative estimate of drug-likeness (QED) is 0.571. The van der Waals surface area contributed by atoms with Crippen molar-refractivity contribution in [1.29, 1.82) is 0 Å². The number of allylic oxidation sites excluding steroid dienone is 2. The van der Waals surface area contributed by atoms with Crippen LogP contribution in [0.5, 0.6) is 0 Å². The van der Waals surface area contributed by atoms with Gasteiger partial charge in [-0.15, -0.1) is 0 Å². The summed E-state index contributed by atoms with van der Waals surface area (Å²) in [5.74, 6) is 0. The van der Waals surface area contributed by atoms with E-state index in [1.54, 1.807) is 0 Å². The summed E-state index contributed by atoms with van der Waals surface area (Å²) in [7, 11) is 8.19. The summed E-state index contributed by atoms with van der Waals surface area (Å²) in [6, 6.07) is 25.6. The summed E-state index contributed by atoms with van der Waals surface area (Å²) in [6.07, 6.45) is 3.98. The summed E-state index contributed by atoms with van der Waals surface area (Å²) in [4.78, 5) is 16.3. The number of aldehydes is 1. The van der Waals surface area contributed by atoms with Gasteiger partial charge in [-0.3, -0.25) is 4.79 Å². The Morgan fingerprint density at radius 1 is 0.733 bits per heavy atom. The Morgan fingerprint density at radius 2 is 1.23 bits per heavy atom. The van der Waals surface area contributed by atoms with E-state index < -0.39 is 0 Å². The highest BCUT2D eigenvalue weighted by Gasteiger charge is 2.37. The van der Waals surface area contributed by atoms with E-state index in [9.17, 15) is 4.79 Å². The average Bonchev–Trinajstić information content (AvgIpc) is 2.78. The molecular weight excluding hydrogens is 368 g/mol. The fourth-order valence-electron chi connectivity index (χ4n) is 4.40. The zero-order valence-corrected chi connectivity index (χ0v) is 18.1. The van der Waals surface area contributed by atoms with Crippen LogP contribution in [0.15, 0.2) is 78.9 Å². The predicted molar refractivity (Wildman–Crippen MR) is 127 cm³/mol. The summed E-state index contributed by atoms with van der Waals surface area (Å²) in [5, 5.41) is 0. The van der Waals surface area contributed by atoms with Crippen molar-refractivity contribution in [2.24, 2.45) is 0 Å². The van der Waals surface area contributed by atoms with Crippen LogP contribution in [0, 0.1) is 0 Å². The molecule has 0 saturated carbocycles. The number of carbonyl (C=O) groups excluding carboxylic acids is 1. The van der Waals surface area contributed by atoms with Crippen molar-refractivity contribution in [1.82, 2.24) is 0 Å². The second kappa shape index (κ2) is 7.83. The standard InChI is InChI=1S/C27H28N2O/c1-28(2)24-13-9-22(10-14-24)27(23-11-15-25(16-12-23)29(3)4)17-20-7-5-6-8-26(20)21(18-27)19-30/h5-16,18-19H,17H2,1-4H3. The molecule has 0 atom stereocenters. The van der Waals surface area contributed by atoms with Gasteiger partial charge in [0.25, 0.3) is 0 Å². The molecule has 0 heterocycles. The van der Waals surface area contributed by atoms with Gasteiger partial charge >= 0.3 is 0 Å². The summed E-state index contributed by atoms with van der Waals surface area (Å²) >= 11 is 0. The van der Waals surface area contributed by atoms with Gasteiger partial charge in [0.05, 0.1) is 0 Å². The Balaban J connectivity index is 1.93. The van der Waals surface area contributed by atoms with Crippen LogP contribution in [-0.2, 0) is 16.6 Å². The first-order valence-electron chi connectivity index (χ1n) is 10.3. The van der Waals surface area contributed by atoms with Gasteiger partial charge in [-0.2, -0.15) is 0 Å².